The van der Waals surface area contributed by atoms with E-state index in [-0.39, 0.29) is 0 Å². The van der Waals surface area contributed by atoms with E-state index in [1.54, 1.807) is 0 Å². The van der Waals surface area contributed by atoms with Crippen molar-refractivity contribution in [1.82, 2.24) is 13.7 Å². The van der Waals surface area contributed by atoms with Crippen LogP contribution in [0.5, 0.6) is 0 Å². The average molecular weight is 432 g/mol. The van der Waals surface area contributed by atoms with Gasteiger partial charge in [0.2, 0.25) is 0 Å². The van der Waals surface area contributed by atoms with Gasteiger partial charge in [-0.25, -0.2) is 0 Å². The molecular formula is C20H49N3OSi3. The van der Waals surface area contributed by atoms with E-state index < -0.39 is 25.2 Å². The largest absolute Gasteiger partial charge is 0.453 e. The maximum Gasteiger partial charge on any atom is 0.289 e. The molecule has 0 aromatic rings. The highest BCUT2D eigenvalue weighted by Gasteiger charge is 2.49. The zero-order chi connectivity index (χ0) is 21.3. The molecule has 7 heteroatoms. The van der Waals surface area contributed by atoms with Gasteiger partial charge in [0.1, 0.15) is 0 Å². The summed E-state index contributed by atoms with van der Waals surface area (Å²) in [5.74, 6) is 0. The second-order valence-corrected chi connectivity index (χ2v) is 20.9. The molecule has 0 aliphatic rings. The van der Waals surface area contributed by atoms with Crippen molar-refractivity contribution >= 4 is 25.2 Å². The van der Waals surface area contributed by atoms with Crippen LogP contribution in [0.3, 0.4) is 0 Å². The first-order chi connectivity index (χ1) is 12.5. The predicted molar refractivity (Wildman–Crippen MR) is 130 cm³/mol. The van der Waals surface area contributed by atoms with E-state index in [1.165, 1.54) is 12.1 Å². The third-order valence-corrected chi connectivity index (χ3v) is 19.0. The predicted octanol–water partition coefficient (Wildman–Crippen LogP) is 5.10. The molecule has 0 aromatic carbocycles. The van der Waals surface area contributed by atoms with Gasteiger partial charge in [0.05, 0.1) is 0 Å². The Hall–Kier alpha value is 0.231. The summed E-state index contributed by atoms with van der Waals surface area (Å²) in [7, 11) is -5.41. The summed E-state index contributed by atoms with van der Waals surface area (Å²) in [6, 6.07) is 2.51. The van der Waals surface area contributed by atoms with Gasteiger partial charge in [-0.1, -0.05) is 47.2 Å². The van der Waals surface area contributed by atoms with Gasteiger partial charge in [-0.3, -0.25) is 13.7 Å². The van der Waals surface area contributed by atoms with Crippen LogP contribution in [0.2, 0.25) is 38.3 Å². The van der Waals surface area contributed by atoms with Gasteiger partial charge < -0.3 is 4.12 Å². The molecule has 0 aliphatic heterocycles. The number of hydrogen-bond acceptors (Lipinski definition) is 4. The van der Waals surface area contributed by atoms with Crippen LogP contribution in [0.25, 0.3) is 0 Å². The molecular weight excluding hydrogens is 382 g/mol. The smallest absolute Gasteiger partial charge is 0.289 e. The van der Waals surface area contributed by atoms with E-state index in [2.05, 4.69) is 93.7 Å². The zero-order valence-electron chi connectivity index (χ0n) is 20.2. The summed E-state index contributed by atoms with van der Waals surface area (Å²) in [5.41, 5.74) is 2.09. The zero-order valence-corrected chi connectivity index (χ0v) is 23.2. The SMILES string of the molecule is C=C[Si](C)(C)O[Si](C)(C)CC[Si](N(CC)CC)(N(CC)CC)N(CC)CC. The number of nitrogens with zero attached hydrogens (tertiary/aromatic N) is 3. The fourth-order valence-electron chi connectivity index (χ4n) is 4.54. The van der Waals surface area contributed by atoms with Crippen molar-refractivity contribution < 1.29 is 4.12 Å². The van der Waals surface area contributed by atoms with E-state index in [0.717, 1.165) is 39.3 Å². The quantitative estimate of drug-likeness (QED) is 0.336. The Labute approximate surface area is 174 Å². The molecule has 0 fully saturated rings. The highest BCUT2D eigenvalue weighted by molar-refractivity contribution is 6.88. The Kier molecular flexibility index (Phi) is 12.1. The van der Waals surface area contributed by atoms with Crippen LogP contribution in [0.1, 0.15) is 41.5 Å². The molecule has 0 unspecified atom stereocenters. The molecule has 0 bridgehead atoms. The molecule has 0 aliphatic carbocycles. The Morgan fingerprint density at radius 2 is 1.00 bits per heavy atom. The van der Waals surface area contributed by atoms with Gasteiger partial charge in [0.15, 0.2) is 16.6 Å². The van der Waals surface area contributed by atoms with Crippen molar-refractivity contribution in [3.63, 3.8) is 0 Å². The fourth-order valence-corrected chi connectivity index (χ4v) is 19.9. The minimum Gasteiger partial charge on any atom is -0.453 e. The summed E-state index contributed by atoms with van der Waals surface area (Å²) in [6.07, 6.45) is 0. The Morgan fingerprint density at radius 1 is 0.667 bits per heavy atom. The maximum atomic E-state index is 6.74. The van der Waals surface area contributed by atoms with Crippen molar-refractivity contribution in [2.75, 3.05) is 39.3 Å². The molecule has 0 aromatic heterocycles. The molecule has 0 rings (SSSR count). The van der Waals surface area contributed by atoms with Crippen LogP contribution in [0, 0.1) is 0 Å². The van der Waals surface area contributed by atoms with Gasteiger partial charge >= 0.3 is 0 Å². The second-order valence-electron chi connectivity index (χ2n) is 8.46. The van der Waals surface area contributed by atoms with Gasteiger partial charge in [-0.2, -0.15) is 0 Å². The second kappa shape index (κ2) is 12.0. The van der Waals surface area contributed by atoms with Crippen molar-refractivity contribution in [1.29, 1.82) is 0 Å². The van der Waals surface area contributed by atoms with Crippen LogP contribution < -0.4 is 0 Å². The molecule has 4 nitrogen and oxygen atoms in total. The minimum absolute atomic E-state index is 1.13. The lowest BCUT2D eigenvalue weighted by atomic mass is 10.6. The van der Waals surface area contributed by atoms with Crippen LogP contribution in [-0.4, -0.2) is 78.2 Å². The molecule has 0 saturated heterocycles. The molecule has 162 valence electrons. The van der Waals surface area contributed by atoms with Gasteiger partial charge in [-0.15, -0.1) is 6.58 Å². The third kappa shape index (κ3) is 7.21. The van der Waals surface area contributed by atoms with Crippen LogP contribution in [0.15, 0.2) is 12.3 Å². The van der Waals surface area contributed by atoms with Crippen molar-refractivity contribution in [3.05, 3.63) is 12.3 Å². The van der Waals surface area contributed by atoms with Crippen molar-refractivity contribution in [3.8, 4) is 0 Å². The highest BCUT2D eigenvalue weighted by Crippen LogP contribution is 2.31. The number of hydrogen-bond donors (Lipinski definition) is 0. The molecule has 0 N–H and O–H groups in total. The van der Waals surface area contributed by atoms with E-state index in [4.69, 9.17) is 4.12 Å². The first-order valence-corrected chi connectivity index (χ1v) is 19.3. The first-order valence-electron chi connectivity index (χ1n) is 11.1. The molecule has 0 atom stereocenters. The average Bonchev–Trinajstić information content (AvgIpc) is 2.61. The number of rotatable bonds is 15. The topological polar surface area (TPSA) is 19.0 Å². The van der Waals surface area contributed by atoms with Gasteiger partial charge in [-0.05, 0) is 77.5 Å². The first kappa shape index (κ1) is 27.2. The summed E-state index contributed by atoms with van der Waals surface area (Å²) in [6.45, 7) is 34.2. The van der Waals surface area contributed by atoms with Crippen molar-refractivity contribution in [2.45, 2.75) is 79.8 Å². The molecule has 27 heavy (non-hydrogen) atoms. The highest BCUT2D eigenvalue weighted by atomic mass is 28.4. The molecule has 0 spiro atoms. The van der Waals surface area contributed by atoms with Crippen LogP contribution in [0.4, 0.5) is 0 Å². The van der Waals surface area contributed by atoms with Crippen molar-refractivity contribution in [2.24, 2.45) is 0 Å². The summed E-state index contributed by atoms with van der Waals surface area (Å²) < 4.78 is 15.2. The van der Waals surface area contributed by atoms with Gasteiger partial charge in [0, 0.05) is 0 Å². The summed E-state index contributed by atoms with van der Waals surface area (Å²) >= 11 is 0. The van der Waals surface area contributed by atoms with Gasteiger partial charge in [0.25, 0.3) is 8.56 Å². The molecule has 0 amide bonds. The Bertz CT molecular complexity index is 389. The molecule has 0 radical (unpaired) electrons. The van der Waals surface area contributed by atoms with Crippen LogP contribution >= 0.6 is 0 Å². The maximum absolute atomic E-state index is 6.74. The van der Waals surface area contributed by atoms with E-state index in [0.29, 0.717) is 0 Å². The minimum atomic E-state index is -1.93. The third-order valence-electron chi connectivity index (χ3n) is 5.90. The van der Waals surface area contributed by atoms with Crippen LogP contribution in [-0.2, 0) is 4.12 Å². The molecule has 0 heterocycles. The summed E-state index contributed by atoms with van der Waals surface area (Å²) in [4.78, 5) is 0. The normalized spacial score (nSPS) is 13.8. The Balaban J connectivity index is 5.98. The monoisotopic (exact) mass is 431 g/mol. The Morgan fingerprint density at radius 3 is 1.26 bits per heavy atom. The lowest BCUT2D eigenvalue weighted by molar-refractivity contribution is 0.261. The van der Waals surface area contributed by atoms with E-state index in [1.807, 2.05) is 0 Å². The standard InChI is InChI=1S/C20H49N3OSi3/c1-12-21(13-2)27(22(14-3)15-4,23(16-5)17-6)20-19-26(10,11)24-25(8,9)18-7/h18H,7,12-17,19-20H2,1-6,8-11H3. The fraction of sp³-hybridized carbons (Fsp3) is 0.900. The lowest BCUT2D eigenvalue weighted by Gasteiger charge is -2.54. The van der Waals surface area contributed by atoms with E-state index >= 15 is 0 Å². The molecule has 0 saturated carbocycles. The summed E-state index contributed by atoms with van der Waals surface area (Å²) in [5, 5.41) is 0. The lowest BCUT2D eigenvalue weighted by Crippen LogP contribution is -2.75. The van der Waals surface area contributed by atoms with E-state index in [9.17, 15) is 0 Å².